The van der Waals surface area contributed by atoms with Gasteiger partial charge in [-0.1, -0.05) is 18.2 Å². The second-order valence-corrected chi connectivity index (χ2v) is 6.95. The van der Waals surface area contributed by atoms with E-state index in [1.54, 1.807) is 41.8 Å². The number of carbonyl (C=O) groups excluding carboxylic acids is 2. The zero-order valence-corrected chi connectivity index (χ0v) is 14.6. The number of thiophene rings is 2. The van der Waals surface area contributed by atoms with Crippen molar-refractivity contribution in [2.45, 2.75) is 6.54 Å². The summed E-state index contributed by atoms with van der Waals surface area (Å²) in [7, 11) is 0. The van der Waals surface area contributed by atoms with Crippen LogP contribution in [0, 0.1) is 11.3 Å². The van der Waals surface area contributed by atoms with Gasteiger partial charge < -0.3 is 10.6 Å². The number of benzene rings is 1. The second-order valence-electron chi connectivity index (χ2n) is 5.09. The molecule has 0 atom stereocenters. The lowest BCUT2D eigenvalue weighted by molar-refractivity contribution is 0.0953. The molecule has 2 aromatic heterocycles. The van der Waals surface area contributed by atoms with Crippen molar-refractivity contribution in [2.24, 2.45) is 0 Å². The average molecular weight is 367 g/mol. The molecule has 3 rings (SSSR count). The summed E-state index contributed by atoms with van der Waals surface area (Å²) in [5, 5.41) is 18.7. The highest BCUT2D eigenvalue weighted by atomic mass is 32.1. The van der Waals surface area contributed by atoms with Crippen LogP contribution in [0.25, 0.3) is 0 Å². The van der Waals surface area contributed by atoms with E-state index in [0.29, 0.717) is 27.5 Å². The number of hydrogen-bond acceptors (Lipinski definition) is 5. The van der Waals surface area contributed by atoms with Crippen LogP contribution in [0.5, 0.6) is 0 Å². The molecule has 0 aliphatic rings. The molecule has 0 aliphatic heterocycles. The van der Waals surface area contributed by atoms with Crippen LogP contribution < -0.4 is 10.6 Å². The molecular formula is C18H13N3O2S2. The van der Waals surface area contributed by atoms with Gasteiger partial charge in [-0.25, -0.2) is 0 Å². The van der Waals surface area contributed by atoms with Crippen LogP contribution in [0.4, 0.5) is 5.00 Å². The van der Waals surface area contributed by atoms with Gasteiger partial charge in [0.05, 0.1) is 10.4 Å². The molecule has 5 nitrogen and oxygen atoms in total. The first kappa shape index (κ1) is 16.9. The van der Waals surface area contributed by atoms with Crippen LogP contribution in [0.2, 0.25) is 0 Å². The molecule has 0 unspecified atom stereocenters. The lowest BCUT2D eigenvalue weighted by atomic mass is 10.1. The minimum Gasteiger partial charge on any atom is -0.347 e. The Morgan fingerprint density at radius 1 is 1.00 bits per heavy atom. The van der Waals surface area contributed by atoms with Gasteiger partial charge in [-0.3, -0.25) is 9.59 Å². The molecule has 2 amide bonds. The minimum atomic E-state index is -0.270. The highest BCUT2D eigenvalue weighted by molar-refractivity contribution is 7.14. The number of nitrogens with zero attached hydrogens (tertiary/aromatic N) is 1. The first-order valence-corrected chi connectivity index (χ1v) is 9.13. The number of hydrogen-bond donors (Lipinski definition) is 2. The number of amides is 2. The predicted molar refractivity (Wildman–Crippen MR) is 98.9 cm³/mol. The normalized spacial score (nSPS) is 10.0. The van der Waals surface area contributed by atoms with Gasteiger partial charge in [0, 0.05) is 12.1 Å². The van der Waals surface area contributed by atoms with Gasteiger partial charge in [0.15, 0.2) is 0 Å². The summed E-state index contributed by atoms with van der Waals surface area (Å²) in [4.78, 5) is 24.8. The lowest BCUT2D eigenvalue weighted by Crippen LogP contribution is -2.21. The van der Waals surface area contributed by atoms with Gasteiger partial charge in [0.25, 0.3) is 11.8 Å². The summed E-state index contributed by atoms with van der Waals surface area (Å²) in [5.41, 5.74) is 1.84. The van der Waals surface area contributed by atoms with E-state index in [1.165, 1.54) is 22.7 Å². The topological polar surface area (TPSA) is 82.0 Å². The molecule has 2 heterocycles. The molecule has 124 valence electrons. The number of carbonyl (C=O) groups is 2. The summed E-state index contributed by atoms with van der Waals surface area (Å²) in [6.07, 6.45) is 0. The summed E-state index contributed by atoms with van der Waals surface area (Å²) in [6, 6.07) is 14.3. The van der Waals surface area contributed by atoms with E-state index in [4.69, 9.17) is 5.26 Å². The van der Waals surface area contributed by atoms with Crippen molar-refractivity contribution in [1.29, 1.82) is 5.26 Å². The van der Waals surface area contributed by atoms with E-state index in [9.17, 15) is 9.59 Å². The van der Waals surface area contributed by atoms with E-state index >= 15 is 0 Å². The summed E-state index contributed by atoms with van der Waals surface area (Å²) in [5.74, 6) is -0.383. The number of nitriles is 1. The van der Waals surface area contributed by atoms with E-state index in [1.807, 2.05) is 17.5 Å². The van der Waals surface area contributed by atoms with Crippen molar-refractivity contribution in [2.75, 3.05) is 5.32 Å². The summed E-state index contributed by atoms with van der Waals surface area (Å²) < 4.78 is 0. The van der Waals surface area contributed by atoms with Gasteiger partial charge in [-0.15, -0.1) is 22.7 Å². The second kappa shape index (κ2) is 7.75. The molecule has 0 fully saturated rings. The maximum absolute atomic E-state index is 12.2. The molecule has 0 aliphatic carbocycles. The van der Waals surface area contributed by atoms with E-state index in [-0.39, 0.29) is 11.8 Å². The van der Waals surface area contributed by atoms with Crippen LogP contribution in [0.15, 0.2) is 53.2 Å². The van der Waals surface area contributed by atoms with Gasteiger partial charge in [0.2, 0.25) is 0 Å². The Hall–Kier alpha value is -2.95. The molecule has 25 heavy (non-hydrogen) atoms. The minimum absolute atomic E-state index is 0.112. The van der Waals surface area contributed by atoms with Gasteiger partial charge in [-0.2, -0.15) is 5.26 Å². The average Bonchev–Trinajstić information content (AvgIpc) is 3.31. The molecule has 7 heteroatoms. The predicted octanol–water partition coefficient (Wildman–Crippen LogP) is 3.86. The third-order valence-electron chi connectivity index (χ3n) is 3.43. The molecule has 0 saturated heterocycles. The highest BCUT2D eigenvalue weighted by Gasteiger charge is 2.11. The molecule has 0 radical (unpaired) electrons. The first-order valence-electron chi connectivity index (χ1n) is 7.37. The number of nitrogens with one attached hydrogen (secondary N) is 2. The molecule has 0 saturated carbocycles. The maximum atomic E-state index is 12.2. The maximum Gasteiger partial charge on any atom is 0.261 e. The van der Waals surface area contributed by atoms with Crippen LogP contribution >= 0.6 is 22.7 Å². The summed E-state index contributed by atoms with van der Waals surface area (Å²) in [6.45, 7) is 0.391. The van der Waals surface area contributed by atoms with Crippen LogP contribution in [0.3, 0.4) is 0 Å². The molecular weight excluding hydrogens is 354 g/mol. The van der Waals surface area contributed by atoms with Crippen molar-refractivity contribution < 1.29 is 9.59 Å². The SMILES string of the molecule is N#Cc1ccsc1NC(=O)c1ccc(CNC(=O)c2cccs2)cc1. The fraction of sp³-hybridized carbons (Fsp3) is 0.0556. The Kier molecular flexibility index (Phi) is 5.23. The van der Waals surface area contributed by atoms with Crippen LogP contribution in [-0.4, -0.2) is 11.8 Å². The molecule has 3 aromatic rings. The van der Waals surface area contributed by atoms with Gasteiger partial charge in [0.1, 0.15) is 11.1 Å². The third kappa shape index (κ3) is 4.12. The standard InChI is InChI=1S/C18H13N3O2S2/c19-10-14-7-9-25-18(14)21-16(22)13-5-3-12(4-6-13)11-20-17(23)15-2-1-8-24-15/h1-9H,11H2,(H,20,23)(H,21,22). The Labute approximate surface area is 152 Å². The van der Waals surface area contributed by atoms with Gasteiger partial charge in [-0.05, 0) is 40.6 Å². The fourth-order valence-electron chi connectivity index (χ4n) is 2.12. The Morgan fingerprint density at radius 3 is 2.48 bits per heavy atom. The number of rotatable bonds is 5. The van der Waals surface area contributed by atoms with Crippen molar-refractivity contribution in [3.63, 3.8) is 0 Å². The zero-order chi connectivity index (χ0) is 17.6. The summed E-state index contributed by atoms with van der Waals surface area (Å²) >= 11 is 2.70. The van der Waals surface area contributed by atoms with E-state index < -0.39 is 0 Å². The van der Waals surface area contributed by atoms with Crippen molar-refractivity contribution in [3.05, 3.63) is 74.8 Å². The zero-order valence-electron chi connectivity index (χ0n) is 13.0. The van der Waals surface area contributed by atoms with Gasteiger partial charge >= 0.3 is 0 Å². The molecule has 0 spiro atoms. The molecule has 1 aromatic carbocycles. The van der Waals surface area contributed by atoms with E-state index in [2.05, 4.69) is 10.6 Å². The Bertz CT molecular complexity index is 922. The Morgan fingerprint density at radius 2 is 1.80 bits per heavy atom. The highest BCUT2D eigenvalue weighted by Crippen LogP contribution is 2.22. The van der Waals surface area contributed by atoms with Crippen LogP contribution in [-0.2, 0) is 6.54 Å². The molecule has 2 N–H and O–H groups in total. The van der Waals surface area contributed by atoms with Crippen LogP contribution in [0.1, 0.15) is 31.2 Å². The fourth-order valence-corrected chi connectivity index (χ4v) is 3.49. The smallest absolute Gasteiger partial charge is 0.261 e. The first-order chi connectivity index (χ1) is 12.2. The quantitative estimate of drug-likeness (QED) is 0.718. The van der Waals surface area contributed by atoms with Crippen molar-refractivity contribution >= 4 is 39.5 Å². The largest absolute Gasteiger partial charge is 0.347 e. The van der Waals surface area contributed by atoms with E-state index in [0.717, 1.165) is 5.56 Å². The third-order valence-corrected chi connectivity index (χ3v) is 5.13. The van der Waals surface area contributed by atoms with Crippen molar-refractivity contribution in [1.82, 2.24) is 5.32 Å². The lowest BCUT2D eigenvalue weighted by Gasteiger charge is -2.06. The monoisotopic (exact) mass is 367 g/mol. The number of anilines is 1. The molecule has 0 bridgehead atoms. The van der Waals surface area contributed by atoms with Crippen molar-refractivity contribution in [3.8, 4) is 6.07 Å². The Balaban J connectivity index is 1.59.